The summed E-state index contributed by atoms with van der Waals surface area (Å²) < 4.78 is 14.0. The highest BCUT2D eigenvalue weighted by Crippen LogP contribution is 2.35. The van der Waals surface area contributed by atoms with Gasteiger partial charge in [0.15, 0.2) is 6.17 Å². The highest BCUT2D eigenvalue weighted by atomic mass is 35.5. The third-order valence-electron chi connectivity index (χ3n) is 3.53. The van der Waals surface area contributed by atoms with Gasteiger partial charge >= 0.3 is 0 Å². The lowest BCUT2D eigenvalue weighted by molar-refractivity contribution is -0.168. The molecule has 122 valence electrons. The lowest BCUT2D eigenvalue weighted by Gasteiger charge is -2.25. The molecule has 1 fully saturated rings. The Morgan fingerprint density at radius 1 is 1.50 bits per heavy atom. The summed E-state index contributed by atoms with van der Waals surface area (Å²) in [5.41, 5.74) is -0.0385. The maximum Gasteiger partial charge on any atom is 0.267 e. The summed E-state index contributed by atoms with van der Waals surface area (Å²) in [6.07, 6.45) is -1.13. The molecule has 2 heterocycles. The van der Waals surface area contributed by atoms with Crippen molar-refractivity contribution in [3.63, 3.8) is 0 Å². The molecule has 1 saturated heterocycles. The summed E-state index contributed by atoms with van der Waals surface area (Å²) in [6.45, 7) is -0.426. The van der Waals surface area contributed by atoms with E-state index in [9.17, 15) is 19.2 Å². The molecule has 0 saturated carbocycles. The van der Waals surface area contributed by atoms with Gasteiger partial charge in [0.25, 0.3) is 11.8 Å². The van der Waals surface area contributed by atoms with Crippen LogP contribution in [0, 0.1) is 17.1 Å². The number of hydrogen-bond acceptors (Lipinski definition) is 5. The lowest BCUT2D eigenvalue weighted by Crippen LogP contribution is -2.34. The summed E-state index contributed by atoms with van der Waals surface area (Å²) in [5.74, 6) is -2.35. The number of amides is 2. The van der Waals surface area contributed by atoms with Crippen LogP contribution in [0.1, 0.15) is 27.0 Å². The van der Waals surface area contributed by atoms with Crippen molar-refractivity contribution in [2.75, 3.05) is 6.54 Å². The summed E-state index contributed by atoms with van der Waals surface area (Å²) in [6, 6.07) is 7.20. The molecule has 0 aliphatic carbocycles. The molecule has 1 aliphatic rings. The maximum atomic E-state index is 14.0. The molecule has 1 aromatic carbocycles. The highest BCUT2D eigenvalue weighted by molar-refractivity contribution is 7.10. The van der Waals surface area contributed by atoms with Gasteiger partial charge in [0, 0.05) is 5.38 Å². The Kier molecular flexibility index (Phi) is 4.24. The van der Waals surface area contributed by atoms with Crippen molar-refractivity contribution < 1.29 is 19.2 Å². The van der Waals surface area contributed by atoms with Crippen LogP contribution in [0.2, 0.25) is 5.02 Å². The molecule has 1 aliphatic heterocycles. The van der Waals surface area contributed by atoms with Crippen LogP contribution >= 0.6 is 22.9 Å². The van der Waals surface area contributed by atoms with Crippen LogP contribution in [0.15, 0.2) is 29.6 Å². The monoisotopic (exact) mass is 365 g/mol. The molecule has 24 heavy (non-hydrogen) atoms. The minimum atomic E-state index is -1.13. The number of nitriles is 1. The van der Waals surface area contributed by atoms with Crippen molar-refractivity contribution >= 4 is 34.8 Å². The van der Waals surface area contributed by atoms with Crippen LogP contribution in [0.3, 0.4) is 0 Å². The van der Waals surface area contributed by atoms with Gasteiger partial charge in [-0.1, -0.05) is 17.7 Å². The summed E-state index contributed by atoms with van der Waals surface area (Å²) in [4.78, 5) is 26.0. The Bertz CT molecular complexity index is 859. The highest BCUT2D eigenvalue weighted by Gasteiger charge is 2.43. The van der Waals surface area contributed by atoms with E-state index in [0.29, 0.717) is 15.5 Å². The van der Waals surface area contributed by atoms with Crippen molar-refractivity contribution in [1.82, 2.24) is 9.96 Å². The van der Waals surface area contributed by atoms with Crippen LogP contribution in [-0.4, -0.2) is 33.5 Å². The minimum absolute atomic E-state index is 0.0912. The van der Waals surface area contributed by atoms with Gasteiger partial charge in [-0.3, -0.25) is 14.8 Å². The Hall–Kier alpha value is -2.47. The van der Waals surface area contributed by atoms with Crippen molar-refractivity contribution in [3.05, 3.63) is 56.5 Å². The molecule has 6 nitrogen and oxygen atoms in total. The van der Waals surface area contributed by atoms with E-state index in [2.05, 4.69) is 0 Å². The number of halogens is 2. The SMILES string of the molecule is N#Cc1csc(C2N(O)C(=O)CN2C(=O)c2c(F)cccc2Cl)c1. The smallest absolute Gasteiger partial charge is 0.267 e. The second-order valence-electron chi connectivity index (χ2n) is 4.99. The predicted molar refractivity (Wildman–Crippen MR) is 82.9 cm³/mol. The van der Waals surface area contributed by atoms with E-state index in [0.717, 1.165) is 22.3 Å². The number of thiophene rings is 1. The molecular weight excluding hydrogens is 357 g/mol. The Morgan fingerprint density at radius 3 is 2.88 bits per heavy atom. The molecule has 3 rings (SSSR count). The number of carbonyl (C=O) groups is 2. The van der Waals surface area contributed by atoms with Gasteiger partial charge in [-0.2, -0.15) is 10.3 Å². The van der Waals surface area contributed by atoms with Crippen molar-refractivity contribution in [1.29, 1.82) is 5.26 Å². The van der Waals surface area contributed by atoms with Crippen LogP contribution in [0.4, 0.5) is 4.39 Å². The fourth-order valence-corrected chi connectivity index (χ4v) is 3.59. The molecule has 2 amide bonds. The third-order valence-corrected chi connectivity index (χ3v) is 4.82. The zero-order chi connectivity index (χ0) is 17.4. The molecule has 1 atom stereocenters. The summed E-state index contributed by atoms with van der Waals surface area (Å²) >= 11 is 7.01. The molecule has 1 aromatic heterocycles. The quantitative estimate of drug-likeness (QED) is 0.829. The van der Waals surface area contributed by atoms with Gasteiger partial charge in [-0.15, -0.1) is 11.3 Å². The van der Waals surface area contributed by atoms with Gasteiger partial charge in [-0.25, -0.2) is 4.39 Å². The maximum absolute atomic E-state index is 14.0. The van der Waals surface area contributed by atoms with Crippen LogP contribution < -0.4 is 0 Å². The van der Waals surface area contributed by atoms with Crippen LogP contribution in [0.5, 0.6) is 0 Å². The van der Waals surface area contributed by atoms with Gasteiger partial charge in [-0.05, 0) is 18.2 Å². The lowest BCUT2D eigenvalue weighted by atomic mass is 10.1. The number of nitrogens with zero attached hydrogens (tertiary/aromatic N) is 3. The van der Waals surface area contributed by atoms with E-state index in [1.807, 2.05) is 6.07 Å². The standard InChI is InChI=1S/C15H9ClFN3O3S/c16-9-2-1-3-10(17)13(9)15(22)19-6-12(21)20(23)14(19)11-4-8(5-18)7-24-11/h1-4,7,14,23H,6H2. The van der Waals surface area contributed by atoms with Gasteiger partial charge in [0.1, 0.15) is 18.4 Å². The molecule has 1 N–H and O–H groups in total. The Labute approximate surface area is 144 Å². The van der Waals surface area contributed by atoms with Crippen LogP contribution in [-0.2, 0) is 4.79 Å². The predicted octanol–water partition coefficient (Wildman–Crippen LogP) is 2.78. The Morgan fingerprint density at radius 2 is 2.25 bits per heavy atom. The molecule has 9 heteroatoms. The first-order chi connectivity index (χ1) is 11.4. The van der Waals surface area contributed by atoms with E-state index in [1.165, 1.54) is 23.6 Å². The normalized spacial score (nSPS) is 17.2. The average molecular weight is 366 g/mol. The largest absolute Gasteiger partial charge is 0.302 e. The van der Waals surface area contributed by atoms with Crippen LogP contribution in [0.25, 0.3) is 0 Å². The number of rotatable bonds is 2. The second-order valence-corrected chi connectivity index (χ2v) is 6.34. The number of benzene rings is 1. The van der Waals surface area contributed by atoms with Crippen molar-refractivity contribution in [3.8, 4) is 6.07 Å². The topological polar surface area (TPSA) is 84.6 Å². The molecule has 0 radical (unpaired) electrons. The Balaban J connectivity index is 2.03. The number of hydrogen-bond donors (Lipinski definition) is 1. The summed E-state index contributed by atoms with van der Waals surface area (Å²) in [5, 5.41) is 20.7. The van der Waals surface area contributed by atoms with Gasteiger partial charge < -0.3 is 4.90 Å². The minimum Gasteiger partial charge on any atom is -0.302 e. The van der Waals surface area contributed by atoms with E-state index >= 15 is 0 Å². The summed E-state index contributed by atoms with van der Waals surface area (Å²) in [7, 11) is 0. The fourth-order valence-electron chi connectivity index (χ4n) is 2.42. The molecule has 2 aromatic rings. The number of hydroxylamine groups is 2. The van der Waals surface area contributed by atoms with Crippen molar-refractivity contribution in [2.24, 2.45) is 0 Å². The first-order valence-electron chi connectivity index (χ1n) is 6.68. The number of carbonyl (C=O) groups excluding carboxylic acids is 2. The van der Waals surface area contributed by atoms with E-state index in [1.54, 1.807) is 0 Å². The first-order valence-corrected chi connectivity index (χ1v) is 7.94. The van der Waals surface area contributed by atoms with Gasteiger partial charge in [0.05, 0.1) is 21.0 Å². The second kappa shape index (κ2) is 6.20. The van der Waals surface area contributed by atoms with E-state index in [4.69, 9.17) is 16.9 Å². The van der Waals surface area contributed by atoms with Gasteiger partial charge in [0.2, 0.25) is 0 Å². The third kappa shape index (κ3) is 2.63. The molecule has 0 bridgehead atoms. The molecule has 1 unspecified atom stereocenters. The molecular formula is C15H9ClFN3O3S. The average Bonchev–Trinajstić information content (AvgIpc) is 3.12. The molecule has 0 spiro atoms. The first kappa shape index (κ1) is 16.4. The van der Waals surface area contributed by atoms with E-state index in [-0.39, 0.29) is 10.6 Å². The van der Waals surface area contributed by atoms with E-state index < -0.39 is 30.3 Å². The van der Waals surface area contributed by atoms with Crippen molar-refractivity contribution in [2.45, 2.75) is 6.17 Å². The zero-order valence-corrected chi connectivity index (χ0v) is 13.5. The zero-order valence-electron chi connectivity index (χ0n) is 11.9. The fraction of sp³-hybridized carbons (Fsp3) is 0.133.